The van der Waals surface area contributed by atoms with Crippen LogP contribution in [0.4, 0.5) is 0 Å². The Morgan fingerprint density at radius 2 is 2.06 bits per heavy atom. The van der Waals surface area contributed by atoms with E-state index < -0.39 is 0 Å². The average Bonchev–Trinajstić information content (AvgIpc) is 2.37. The number of hydrogen-bond acceptors (Lipinski definition) is 2. The molecule has 0 aliphatic heterocycles. The molecule has 0 heterocycles. The molecule has 0 radical (unpaired) electrons. The van der Waals surface area contributed by atoms with Crippen molar-refractivity contribution in [2.24, 2.45) is 5.92 Å². The van der Waals surface area contributed by atoms with E-state index in [1.807, 2.05) is 36.2 Å². The van der Waals surface area contributed by atoms with Crippen LogP contribution in [0.25, 0.3) is 0 Å². The predicted octanol–water partition coefficient (Wildman–Crippen LogP) is 3.63. The van der Waals surface area contributed by atoms with Crippen molar-refractivity contribution in [2.45, 2.75) is 43.5 Å². The molecule has 2 rings (SSSR count). The molecule has 1 aliphatic rings. The van der Waals surface area contributed by atoms with Crippen LogP contribution in [0, 0.1) is 5.92 Å². The first-order valence-corrected chi connectivity index (χ1v) is 7.10. The molecule has 98 valence electrons. The van der Waals surface area contributed by atoms with Gasteiger partial charge in [-0.2, -0.15) is 0 Å². The van der Waals surface area contributed by atoms with E-state index in [1.165, 1.54) is 19.3 Å². The maximum Gasteiger partial charge on any atom is 0.253 e. The van der Waals surface area contributed by atoms with Gasteiger partial charge in [0.1, 0.15) is 0 Å². The van der Waals surface area contributed by atoms with Crippen molar-refractivity contribution in [3.8, 4) is 0 Å². The first-order chi connectivity index (χ1) is 8.59. The number of carbonyl (C=O) groups is 1. The van der Waals surface area contributed by atoms with Gasteiger partial charge in [0.2, 0.25) is 0 Å². The second-order valence-electron chi connectivity index (χ2n) is 5.30. The third kappa shape index (κ3) is 2.89. The molecular weight excluding hydrogens is 242 g/mol. The number of rotatable bonds is 2. The molecule has 2 nitrogen and oxygen atoms in total. The fourth-order valence-corrected chi connectivity index (χ4v) is 3.09. The number of thiol groups is 1. The van der Waals surface area contributed by atoms with Crippen molar-refractivity contribution in [2.75, 3.05) is 7.05 Å². The largest absolute Gasteiger partial charge is 0.338 e. The maximum atomic E-state index is 12.4. The van der Waals surface area contributed by atoms with E-state index in [0.717, 1.165) is 16.9 Å². The lowest BCUT2D eigenvalue weighted by atomic mass is 9.85. The third-order valence-electron chi connectivity index (χ3n) is 3.98. The van der Waals surface area contributed by atoms with E-state index in [-0.39, 0.29) is 5.91 Å². The monoisotopic (exact) mass is 263 g/mol. The molecule has 1 aromatic rings. The number of hydrogen-bond donors (Lipinski definition) is 1. The minimum atomic E-state index is 0.115. The Balaban J connectivity index is 2.13. The highest BCUT2D eigenvalue weighted by atomic mass is 32.1. The molecular formula is C15H21NOS. The highest BCUT2D eigenvalue weighted by Crippen LogP contribution is 2.28. The molecule has 1 aromatic carbocycles. The van der Waals surface area contributed by atoms with Crippen LogP contribution in [-0.4, -0.2) is 23.9 Å². The summed E-state index contributed by atoms with van der Waals surface area (Å²) < 4.78 is 0. The van der Waals surface area contributed by atoms with Crippen LogP contribution in [0.5, 0.6) is 0 Å². The van der Waals surface area contributed by atoms with Crippen molar-refractivity contribution < 1.29 is 4.79 Å². The summed E-state index contributed by atoms with van der Waals surface area (Å²) in [6, 6.07) is 7.87. The van der Waals surface area contributed by atoms with Crippen LogP contribution in [0.2, 0.25) is 0 Å². The molecule has 2 unspecified atom stereocenters. The highest BCUT2D eigenvalue weighted by Gasteiger charge is 2.28. The standard InChI is InChI=1S/C15H21NOS/c1-11-6-3-4-9-14(11)16(2)15(17)12-7-5-8-13(18)10-12/h5,7-8,10-11,14,18H,3-4,6,9H2,1-2H3. The topological polar surface area (TPSA) is 20.3 Å². The molecule has 2 atom stereocenters. The summed E-state index contributed by atoms with van der Waals surface area (Å²) >= 11 is 4.29. The first-order valence-electron chi connectivity index (χ1n) is 6.66. The second kappa shape index (κ2) is 5.79. The van der Waals surface area contributed by atoms with E-state index in [2.05, 4.69) is 19.6 Å². The second-order valence-corrected chi connectivity index (χ2v) is 5.81. The summed E-state index contributed by atoms with van der Waals surface area (Å²) in [5.74, 6) is 0.719. The molecule has 1 fully saturated rings. The Morgan fingerprint density at radius 3 is 2.72 bits per heavy atom. The van der Waals surface area contributed by atoms with E-state index in [4.69, 9.17) is 0 Å². The minimum Gasteiger partial charge on any atom is -0.338 e. The fraction of sp³-hybridized carbons (Fsp3) is 0.533. The molecule has 1 saturated carbocycles. The van der Waals surface area contributed by atoms with Gasteiger partial charge in [0.25, 0.3) is 5.91 Å². The zero-order valence-corrected chi connectivity index (χ0v) is 12.0. The lowest BCUT2D eigenvalue weighted by Crippen LogP contribution is -2.42. The molecule has 1 aliphatic carbocycles. The quantitative estimate of drug-likeness (QED) is 0.808. The Kier molecular flexibility index (Phi) is 4.33. The van der Waals surface area contributed by atoms with Gasteiger partial charge in [-0.25, -0.2) is 0 Å². The van der Waals surface area contributed by atoms with Gasteiger partial charge in [0.05, 0.1) is 0 Å². The van der Waals surface area contributed by atoms with Gasteiger partial charge >= 0.3 is 0 Å². The van der Waals surface area contributed by atoms with E-state index in [9.17, 15) is 4.79 Å². The molecule has 0 bridgehead atoms. The summed E-state index contributed by atoms with van der Waals surface area (Å²) in [5, 5.41) is 0. The van der Waals surface area contributed by atoms with Crippen molar-refractivity contribution in [1.82, 2.24) is 4.90 Å². The van der Waals surface area contributed by atoms with Gasteiger partial charge in [-0.3, -0.25) is 4.79 Å². The highest BCUT2D eigenvalue weighted by molar-refractivity contribution is 7.80. The van der Waals surface area contributed by atoms with Gasteiger partial charge in [-0.1, -0.05) is 25.8 Å². The van der Waals surface area contributed by atoms with Gasteiger partial charge < -0.3 is 4.90 Å². The van der Waals surface area contributed by atoms with Gasteiger partial charge in [-0.05, 0) is 37.0 Å². The summed E-state index contributed by atoms with van der Waals surface area (Å²) in [5.41, 5.74) is 0.739. The SMILES string of the molecule is CC1CCCCC1N(C)C(=O)c1cccc(S)c1. The Labute approximate surface area is 115 Å². The molecule has 3 heteroatoms. The number of amides is 1. The van der Waals surface area contributed by atoms with Gasteiger partial charge in [-0.15, -0.1) is 12.6 Å². The summed E-state index contributed by atoms with van der Waals surface area (Å²) in [6.45, 7) is 2.25. The molecule has 0 N–H and O–H groups in total. The predicted molar refractivity (Wildman–Crippen MR) is 77.2 cm³/mol. The Bertz CT molecular complexity index is 432. The van der Waals surface area contributed by atoms with Crippen molar-refractivity contribution in [3.05, 3.63) is 29.8 Å². The lowest BCUT2D eigenvalue weighted by Gasteiger charge is -2.36. The smallest absolute Gasteiger partial charge is 0.253 e. The van der Waals surface area contributed by atoms with E-state index in [0.29, 0.717) is 12.0 Å². The zero-order chi connectivity index (χ0) is 13.1. The Morgan fingerprint density at radius 1 is 1.33 bits per heavy atom. The van der Waals surface area contributed by atoms with Crippen LogP contribution in [-0.2, 0) is 0 Å². The van der Waals surface area contributed by atoms with E-state index in [1.54, 1.807) is 0 Å². The summed E-state index contributed by atoms with van der Waals surface area (Å²) in [6.07, 6.45) is 4.89. The van der Waals surface area contributed by atoms with Crippen LogP contribution in [0.3, 0.4) is 0 Å². The van der Waals surface area contributed by atoms with Crippen LogP contribution >= 0.6 is 12.6 Å². The van der Waals surface area contributed by atoms with Crippen molar-refractivity contribution >= 4 is 18.5 Å². The molecule has 0 saturated heterocycles. The van der Waals surface area contributed by atoms with Crippen molar-refractivity contribution in [1.29, 1.82) is 0 Å². The zero-order valence-electron chi connectivity index (χ0n) is 11.1. The lowest BCUT2D eigenvalue weighted by molar-refractivity contribution is 0.0628. The maximum absolute atomic E-state index is 12.4. The van der Waals surface area contributed by atoms with Gasteiger partial charge in [0, 0.05) is 23.5 Å². The van der Waals surface area contributed by atoms with Crippen LogP contribution in [0.15, 0.2) is 29.2 Å². The summed E-state index contributed by atoms with van der Waals surface area (Å²) in [4.78, 5) is 15.2. The normalized spacial score (nSPS) is 23.7. The van der Waals surface area contributed by atoms with Gasteiger partial charge in [0.15, 0.2) is 0 Å². The number of nitrogens with zero attached hydrogens (tertiary/aromatic N) is 1. The molecule has 18 heavy (non-hydrogen) atoms. The number of benzene rings is 1. The molecule has 0 spiro atoms. The molecule has 0 aromatic heterocycles. The van der Waals surface area contributed by atoms with Crippen LogP contribution in [0.1, 0.15) is 43.0 Å². The first kappa shape index (κ1) is 13.5. The van der Waals surface area contributed by atoms with Crippen LogP contribution < -0.4 is 0 Å². The summed E-state index contributed by atoms with van der Waals surface area (Å²) in [7, 11) is 1.93. The van der Waals surface area contributed by atoms with Crippen molar-refractivity contribution in [3.63, 3.8) is 0 Å². The van der Waals surface area contributed by atoms with E-state index >= 15 is 0 Å². The minimum absolute atomic E-state index is 0.115. The molecule has 1 amide bonds. The third-order valence-corrected chi connectivity index (χ3v) is 4.26. The number of carbonyl (C=O) groups excluding carboxylic acids is 1. The Hall–Kier alpha value is -0.960. The average molecular weight is 263 g/mol. The fourth-order valence-electron chi connectivity index (χ4n) is 2.87.